The van der Waals surface area contributed by atoms with Crippen molar-refractivity contribution < 1.29 is 13.2 Å². The zero-order chi connectivity index (χ0) is 14.0. The predicted molar refractivity (Wildman–Crippen MR) is 74.9 cm³/mol. The first-order chi connectivity index (χ1) is 8.88. The third-order valence-electron chi connectivity index (χ3n) is 2.85. The van der Waals surface area contributed by atoms with Crippen LogP contribution in [-0.2, 0) is 14.8 Å². The van der Waals surface area contributed by atoms with Crippen LogP contribution in [0.15, 0.2) is 27.6 Å². The maximum absolute atomic E-state index is 12.1. The third kappa shape index (κ3) is 3.46. The maximum Gasteiger partial charge on any atom is 0.241 e. The highest BCUT2D eigenvalue weighted by Crippen LogP contribution is 2.24. The van der Waals surface area contributed by atoms with Gasteiger partial charge in [-0.25, -0.2) is 13.1 Å². The van der Waals surface area contributed by atoms with Crippen molar-refractivity contribution in [1.82, 2.24) is 10.0 Å². The molecule has 1 unspecified atom stereocenters. The number of carbonyl (C=O) groups excluding carboxylic acids is 1. The summed E-state index contributed by atoms with van der Waals surface area (Å²) in [6.07, 6.45) is 1.09. The van der Waals surface area contributed by atoms with Gasteiger partial charge in [0.15, 0.2) is 0 Å². The Labute approximate surface area is 119 Å². The molecule has 1 heterocycles. The van der Waals surface area contributed by atoms with Crippen LogP contribution in [0.3, 0.4) is 0 Å². The van der Waals surface area contributed by atoms with Crippen molar-refractivity contribution in [2.45, 2.75) is 23.8 Å². The second-order valence-electron chi connectivity index (χ2n) is 4.34. The molecule has 1 amide bonds. The van der Waals surface area contributed by atoms with Crippen molar-refractivity contribution in [1.29, 1.82) is 0 Å². The fourth-order valence-corrected chi connectivity index (χ4v) is 4.03. The molecule has 0 radical (unpaired) electrons. The topological polar surface area (TPSA) is 101 Å². The first kappa shape index (κ1) is 14.3. The standard InChI is InChI=1S/C11H14BrN3O3S/c12-9-5-7(13)1-3-10(9)19(17,18)14-6-8-2-4-11(16)15-8/h1,3,5,8,14H,2,4,6,13H2,(H,15,16). The summed E-state index contributed by atoms with van der Waals surface area (Å²) in [7, 11) is -3.62. The second-order valence-corrected chi connectivity index (χ2v) is 6.93. The highest BCUT2D eigenvalue weighted by atomic mass is 79.9. The summed E-state index contributed by atoms with van der Waals surface area (Å²) in [6.45, 7) is 0.185. The molecule has 2 rings (SSSR count). The summed E-state index contributed by atoms with van der Waals surface area (Å²) >= 11 is 3.18. The summed E-state index contributed by atoms with van der Waals surface area (Å²) in [5.74, 6) is -0.0436. The Hall–Kier alpha value is -1.12. The lowest BCUT2D eigenvalue weighted by Crippen LogP contribution is -2.38. The van der Waals surface area contributed by atoms with Gasteiger partial charge in [0.1, 0.15) is 0 Å². The zero-order valence-corrected chi connectivity index (χ0v) is 12.4. The Morgan fingerprint density at radius 1 is 1.47 bits per heavy atom. The van der Waals surface area contributed by atoms with E-state index in [1.54, 1.807) is 0 Å². The molecule has 0 aliphatic carbocycles. The minimum absolute atomic E-state index is 0.0436. The van der Waals surface area contributed by atoms with E-state index in [0.29, 0.717) is 23.0 Å². The number of rotatable bonds is 4. The average Bonchev–Trinajstić information content (AvgIpc) is 2.72. The van der Waals surface area contributed by atoms with Gasteiger partial charge in [0, 0.05) is 29.2 Å². The first-order valence-corrected chi connectivity index (χ1v) is 8.00. The lowest BCUT2D eigenvalue weighted by molar-refractivity contribution is -0.119. The zero-order valence-electron chi connectivity index (χ0n) is 10.0. The Balaban J connectivity index is 2.07. The molecule has 1 saturated heterocycles. The number of nitrogens with two attached hydrogens (primary N) is 1. The maximum atomic E-state index is 12.1. The average molecular weight is 348 g/mol. The number of hydrogen-bond acceptors (Lipinski definition) is 4. The van der Waals surface area contributed by atoms with Gasteiger partial charge in [-0.1, -0.05) is 0 Å². The van der Waals surface area contributed by atoms with E-state index in [0.717, 1.165) is 0 Å². The number of hydrogen-bond donors (Lipinski definition) is 3. The monoisotopic (exact) mass is 347 g/mol. The van der Waals surface area contributed by atoms with Gasteiger partial charge in [-0.3, -0.25) is 4.79 Å². The van der Waals surface area contributed by atoms with Crippen LogP contribution in [0.2, 0.25) is 0 Å². The van der Waals surface area contributed by atoms with Gasteiger partial charge >= 0.3 is 0 Å². The van der Waals surface area contributed by atoms with Gasteiger partial charge in [-0.05, 0) is 40.5 Å². The molecule has 1 atom stereocenters. The van der Waals surface area contributed by atoms with E-state index in [4.69, 9.17) is 5.73 Å². The Kier molecular flexibility index (Phi) is 4.12. The molecule has 6 nitrogen and oxygen atoms in total. The third-order valence-corrected chi connectivity index (χ3v) is 5.25. The van der Waals surface area contributed by atoms with Gasteiger partial charge in [0.05, 0.1) is 4.90 Å². The Morgan fingerprint density at radius 3 is 2.79 bits per heavy atom. The second kappa shape index (κ2) is 5.48. The highest BCUT2D eigenvalue weighted by molar-refractivity contribution is 9.10. The van der Waals surface area contributed by atoms with Crippen molar-refractivity contribution in [3.63, 3.8) is 0 Å². The predicted octanol–water partition coefficient (Wildman–Crippen LogP) is 0.588. The van der Waals surface area contributed by atoms with Crippen molar-refractivity contribution in [2.75, 3.05) is 12.3 Å². The quantitative estimate of drug-likeness (QED) is 0.693. The van der Waals surface area contributed by atoms with E-state index in [9.17, 15) is 13.2 Å². The number of nitrogen functional groups attached to an aromatic ring is 1. The summed E-state index contributed by atoms with van der Waals surface area (Å²) in [5.41, 5.74) is 6.05. The van der Waals surface area contributed by atoms with Gasteiger partial charge in [-0.15, -0.1) is 0 Å². The number of sulfonamides is 1. The van der Waals surface area contributed by atoms with Gasteiger partial charge in [0.2, 0.25) is 15.9 Å². The van der Waals surface area contributed by atoms with Crippen LogP contribution in [0.1, 0.15) is 12.8 Å². The molecule has 1 aliphatic heterocycles. The molecule has 1 fully saturated rings. The molecular weight excluding hydrogens is 334 g/mol. The van der Waals surface area contributed by atoms with E-state index in [1.807, 2.05) is 0 Å². The lowest BCUT2D eigenvalue weighted by atomic mass is 10.2. The minimum atomic E-state index is -3.62. The molecule has 1 aliphatic rings. The molecule has 0 aromatic heterocycles. The molecular formula is C11H14BrN3O3S. The fourth-order valence-electron chi connectivity index (χ4n) is 1.85. The Bertz CT molecular complexity index is 603. The lowest BCUT2D eigenvalue weighted by Gasteiger charge is -2.13. The largest absolute Gasteiger partial charge is 0.399 e. The van der Waals surface area contributed by atoms with E-state index in [1.165, 1.54) is 18.2 Å². The molecule has 104 valence electrons. The van der Waals surface area contributed by atoms with Crippen LogP contribution in [0.5, 0.6) is 0 Å². The van der Waals surface area contributed by atoms with Crippen molar-refractivity contribution in [3.8, 4) is 0 Å². The van der Waals surface area contributed by atoms with Gasteiger partial charge in [-0.2, -0.15) is 0 Å². The van der Waals surface area contributed by atoms with Crippen molar-refractivity contribution in [3.05, 3.63) is 22.7 Å². The number of nitrogens with one attached hydrogen (secondary N) is 2. The summed E-state index contributed by atoms with van der Waals surface area (Å²) in [5, 5.41) is 2.70. The van der Waals surface area contributed by atoms with Crippen molar-refractivity contribution >= 4 is 37.5 Å². The van der Waals surface area contributed by atoms with Crippen LogP contribution < -0.4 is 15.8 Å². The highest BCUT2D eigenvalue weighted by Gasteiger charge is 2.24. The number of anilines is 1. The number of carbonyl (C=O) groups is 1. The molecule has 1 aromatic carbocycles. The van der Waals surface area contributed by atoms with E-state index >= 15 is 0 Å². The SMILES string of the molecule is Nc1ccc(S(=O)(=O)NCC2CCC(=O)N2)c(Br)c1. The van der Waals surface area contributed by atoms with Gasteiger partial charge < -0.3 is 11.1 Å². The van der Waals surface area contributed by atoms with Gasteiger partial charge in [0.25, 0.3) is 0 Å². The van der Waals surface area contributed by atoms with E-state index in [-0.39, 0.29) is 23.4 Å². The minimum Gasteiger partial charge on any atom is -0.399 e. The molecule has 0 spiro atoms. The van der Waals surface area contributed by atoms with Crippen LogP contribution in [-0.4, -0.2) is 26.9 Å². The molecule has 0 bridgehead atoms. The molecule has 8 heteroatoms. The molecule has 0 saturated carbocycles. The summed E-state index contributed by atoms with van der Waals surface area (Å²) in [6, 6.07) is 4.35. The summed E-state index contributed by atoms with van der Waals surface area (Å²) < 4.78 is 27.1. The van der Waals surface area contributed by atoms with Crippen LogP contribution in [0.25, 0.3) is 0 Å². The molecule has 19 heavy (non-hydrogen) atoms. The number of benzene rings is 1. The smallest absolute Gasteiger partial charge is 0.241 e. The normalized spacial score (nSPS) is 19.4. The van der Waals surface area contributed by atoms with E-state index in [2.05, 4.69) is 26.0 Å². The van der Waals surface area contributed by atoms with Crippen LogP contribution in [0, 0.1) is 0 Å². The molecule has 4 N–H and O–H groups in total. The van der Waals surface area contributed by atoms with Crippen molar-refractivity contribution in [2.24, 2.45) is 0 Å². The van der Waals surface area contributed by atoms with E-state index < -0.39 is 10.0 Å². The number of halogens is 1. The van der Waals surface area contributed by atoms with Crippen LogP contribution >= 0.6 is 15.9 Å². The molecule has 1 aromatic rings. The first-order valence-electron chi connectivity index (χ1n) is 5.72. The van der Waals surface area contributed by atoms with Crippen LogP contribution in [0.4, 0.5) is 5.69 Å². The number of amides is 1. The summed E-state index contributed by atoms with van der Waals surface area (Å²) in [4.78, 5) is 11.2. The fraction of sp³-hybridized carbons (Fsp3) is 0.364. The Morgan fingerprint density at radius 2 is 2.21 bits per heavy atom.